The number of aryl methyl sites for hydroxylation is 1. The van der Waals surface area contributed by atoms with Crippen molar-refractivity contribution in [3.8, 4) is 0 Å². The molecule has 2 saturated heterocycles. The van der Waals surface area contributed by atoms with Gasteiger partial charge in [0, 0.05) is 31.6 Å². The van der Waals surface area contributed by atoms with Crippen LogP contribution in [0.3, 0.4) is 0 Å². The van der Waals surface area contributed by atoms with Crippen molar-refractivity contribution < 1.29 is 26.3 Å². The average Bonchev–Trinajstić information content (AvgIpc) is 3.32. The van der Waals surface area contributed by atoms with Gasteiger partial charge in [0.1, 0.15) is 17.9 Å². The molecule has 0 radical (unpaired) electrons. The largest absolute Gasteiger partial charge is 0.451 e. The Morgan fingerprint density at radius 1 is 1.06 bits per heavy atom. The zero-order valence-electron chi connectivity index (χ0n) is 17.3. The Hall–Kier alpha value is -3.19. The highest BCUT2D eigenvalue weighted by atomic mass is 19.4. The first-order chi connectivity index (χ1) is 15.5. The van der Waals surface area contributed by atoms with Crippen LogP contribution in [-0.4, -0.2) is 62.3 Å². The highest BCUT2D eigenvalue weighted by Gasteiger charge is 2.50. The van der Waals surface area contributed by atoms with Gasteiger partial charge in [0.25, 0.3) is 6.43 Å². The summed E-state index contributed by atoms with van der Waals surface area (Å²) in [6.45, 7) is 2.35. The van der Waals surface area contributed by atoms with E-state index < -0.39 is 30.8 Å². The zero-order chi connectivity index (χ0) is 23.5. The molecule has 2 aliphatic heterocycles. The van der Waals surface area contributed by atoms with Gasteiger partial charge < -0.3 is 9.80 Å². The number of alkyl halides is 5. The van der Waals surface area contributed by atoms with E-state index in [0.717, 1.165) is 4.68 Å². The molecule has 2 fully saturated rings. The summed E-state index contributed by atoms with van der Waals surface area (Å²) in [5.74, 6) is -2.08. The summed E-state index contributed by atoms with van der Waals surface area (Å²) in [5, 5.41) is 3.90. The molecule has 14 heteroatoms. The molecule has 0 saturated carbocycles. The topological polar surface area (TPSA) is 75.9 Å². The van der Waals surface area contributed by atoms with Crippen LogP contribution in [0.2, 0.25) is 0 Å². The van der Waals surface area contributed by atoms with Gasteiger partial charge in [-0.15, -0.1) is 0 Å². The van der Waals surface area contributed by atoms with Crippen molar-refractivity contribution in [1.82, 2.24) is 29.7 Å². The maximum Gasteiger partial charge on any atom is 0.451 e. The maximum atomic E-state index is 14.5. The number of nitrogens with zero attached hydrogens (tertiary/aromatic N) is 8. The number of hydrogen-bond acceptors (Lipinski definition) is 7. The van der Waals surface area contributed by atoms with E-state index in [1.165, 1.54) is 24.2 Å². The molecule has 33 heavy (non-hydrogen) atoms. The van der Waals surface area contributed by atoms with Crippen molar-refractivity contribution in [3.63, 3.8) is 0 Å². The summed E-state index contributed by atoms with van der Waals surface area (Å²) in [5.41, 5.74) is 0.0227. The molecule has 3 aromatic rings. The lowest BCUT2D eigenvalue weighted by Gasteiger charge is -2.48. The molecule has 1 spiro atoms. The average molecular weight is 472 g/mol. The van der Waals surface area contributed by atoms with Crippen LogP contribution in [-0.2, 0) is 12.7 Å². The molecule has 5 heterocycles. The molecule has 0 amide bonds. The molecule has 0 atom stereocenters. The van der Waals surface area contributed by atoms with Crippen LogP contribution in [0.4, 0.5) is 38.0 Å². The minimum absolute atomic E-state index is 0.252. The Labute approximate surface area is 183 Å². The van der Waals surface area contributed by atoms with Crippen LogP contribution >= 0.6 is 0 Å². The number of halogens is 6. The quantitative estimate of drug-likeness (QED) is 0.541. The molecule has 0 unspecified atom stereocenters. The van der Waals surface area contributed by atoms with E-state index in [1.807, 2.05) is 4.90 Å². The molecular formula is C19H18F6N8. The molecule has 2 aliphatic rings. The minimum atomic E-state index is -4.77. The molecule has 3 aromatic heterocycles. The third kappa shape index (κ3) is 3.80. The van der Waals surface area contributed by atoms with Crippen LogP contribution in [0.5, 0.6) is 0 Å². The molecule has 0 bridgehead atoms. The van der Waals surface area contributed by atoms with Gasteiger partial charge in [-0.05, 0) is 13.3 Å². The normalized spacial score (nSPS) is 18.1. The molecule has 0 aromatic carbocycles. The predicted molar refractivity (Wildman–Crippen MR) is 105 cm³/mol. The first-order valence-electron chi connectivity index (χ1n) is 10.1. The SMILES string of the molecule is Cc1nc(C(F)(F)F)nc(N2CC3(CCN(c4cnc5cnn(CC(F)F)c5n4)C3)C2)c1F. The van der Waals surface area contributed by atoms with Crippen molar-refractivity contribution in [3.05, 3.63) is 29.7 Å². The fraction of sp³-hybridized carbons (Fsp3) is 0.526. The lowest BCUT2D eigenvalue weighted by atomic mass is 9.79. The summed E-state index contributed by atoms with van der Waals surface area (Å²) in [7, 11) is 0. The van der Waals surface area contributed by atoms with Gasteiger partial charge in [-0.2, -0.15) is 18.3 Å². The number of rotatable bonds is 4. The van der Waals surface area contributed by atoms with E-state index in [1.54, 1.807) is 0 Å². The number of hydrogen-bond donors (Lipinski definition) is 0. The second kappa shape index (κ2) is 7.42. The highest BCUT2D eigenvalue weighted by Crippen LogP contribution is 2.43. The first kappa shape index (κ1) is 21.6. The van der Waals surface area contributed by atoms with Crippen LogP contribution in [0.1, 0.15) is 17.9 Å². The van der Waals surface area contributed by atoms with E-state index in [9.17, 15) is 26.3 Å². The van der Waals surface area contributed by atoms with Crippen molar-refractivity contribution in [2.45, 2.75) is 32.5 Å². The Bertz CT molecular complexity index is 1200. The van der Waals surface area contributed by atoms with Crippen molar-refractivity contribution >= 4 is 22.8 Å². The Balaban J connectivity index is 1.33. The fourth-order valence-corrected chi connectivity index (χ4v) is 4.44. The van der Waals surface area contributed by atoms with Gasteiger partial charge in [-0.25, -0.2) is 37.8 Å². The lowest BCUT2D eigenvalue weighted by molar-refractivity contribution is -0.145. The number of fused-ring (bicyclic) bond motifs is 1. The second-order valence-electron chi connectivity index (χ2n) is 8.45. The maximum absolute atomic E-state index is 14.5. The van der Waals surface area contributed by atoms with Gasteiger partial charge in [0.15, 0.2) is 17.3 Å². The summed E-state index contributed by atoms with van der Waals surface area (Å²) in [4.78, 5) is 18.8. The predicted octanol–water partition coefficient (Wildman–Crippen LogP) is 3.06. The van der Waals surface area contributed by atoms with E-state index in [0.29, 0.717) is 43.9 Å². The van der Waals surface area contributed by atoms with Gasteiger partial charge in [0.05, 0.1) is 18.1 Å². The smallest absolute Gasteiger partial charge is 0.355 e. The van der Waals surface area contributed by atoms with Crippen LogP contribution in [0.25, 0.3) is 11.2 Å². The number of aromatic nitrogens is 6. The van der Waals surface area contributed by atoms with Gasteiger partial charge in [-0.1, -0.05) is 0 Å². The molecule has 0 aliphatic carbocycles. The lowest BCUT2D eigenvalue weighted by Crippen LogP contribution is -2.58. The first-order valence-corrected chi connectivity index (χ1v) is 10.1. The van der Waals surface area contributed by atoms with E-state index in [4.69, 9.17) is 0 Å². The molecule has 0 N–H and O–H groups in total. The van der Waals surface area contributed by atoms with Gasteiger partial charge in [0.2, 0.25) is 5.82 Å². The van der Waals surface area contributed by atoms with E-state index >= 15 is 0 Å². The van der Waals surface area contributed by atoms with E-state index in [2.05, 4.69) is 25.0 Å². The minimum Gasteiger partial charge on any atom is -0.355 e. The highest BCUT2D eigenvalue weighted by molar-refractivity contribution is 5.71. The summed E-state index contributed by atoms with van der Waals surface area (Å²) in [6, 6.07) is 0. The summed E-state index contributed by atoms with van der Waals surface area (Å²) >= 11 is 0. The van der Waals surface area contributed by atoms with Crippen LogP contribution in [0.15, 0.2) is 12.4 Å². The van der Waals surface area contributed by atoms with Gasteiger partial charge in [-0.3, -0.25) is 0 Å². The van der Waals surface area contributed by atoms with Gasteiger partial charge >= 0.3 is 6.18 Å². The third-order valence-corrected chi connectivity index (χ3v) is 6.01. The molecule has 8 nitrogen and oxygen atoms in total. The van der Waals surface area contributed by atoms with Crippen molar-refractivity contribution in [1.29, 1.82) is 0 Å². The zero-order valence-corrected chi connectivity index (χ0v) is 17.3. The summed E-state index contributed by atoms with van der Waals surface area (Å²) < 4.78 is 80.3. The van der Waals surface area contributed by atoms with E-state index in [-0.39, 0.29) is 22.6 Å². The second-order valence-corrected chi connectivity index (χ2v) is 8.45. The fourth-order valence-electron chi connectivity index (χ4n) is 4.44. The third-order valence-electron chi connectivity index (χ3n) is 6.01. The Morgan fingerprint density at radius 2 is 1.79 bits per heavy atom. The monoisotopic (exact) mass is 472 g/mol. The Kier molecular flexibility index (Phi) is 4.86. The standard InChI is InChI=1S/C19H18F6N8/c1-10-14(22)16(30-17(28-10)19(23,24)25)32-8-18(9-32)2-3-31(7-18)13-5-26-11-4-27-33(6-12(20)21)15(11)29-13/h4-5,12H,2-3,6-9H2,1H3. The molecule has 5 rings (SSSR count). The summed E-state index contributed by atoms with van der Waals surface area (Å²) in [6.07, 6.45) is -3.74. The molecular weight excluding hydrogens is 454 g/mol. The van der Waals surface area contributed by atoms with Crippen molar-refractivity contribution in [2.75, 3.05) is 36.0 Å². The Morgan fingerprint density at radius 3 is 2.48 bits per heavy atom. The van der Waals surface area contributed by atoms with Crippen LogP contribution < -0.4 is 9.80 Å². The van der Waals surface area contributed by atoms with Crippen LogP contribution in [0, 0.1) is 18.2 Å². The van der Waals surface area contributed by atoms with Crippen molar-refractivity contribution in [2.24, 2.45) is 5.41 Å². The number of anilines is 2. The molecule has 176 valence electrons.